The highest BCUT2D eigenvalue weighted by Gasteiger charge is 2.49. The number of nitrogens with two attached hydrogens (primary N) is 1. The molecule has 0 aromatic carbocycles. The van der Waals surface area contributed by atoms with Gasteiger partial charge in [-0.05, 0) is 13.3 Å². The zero-order valence-corrected chi connectivity index (χ0v) is 16.7. The van der Waals surface area contributed by atoms with Gasteiger partial charge in [0.25, 0.3) is 5.91 Å². The Balaban J connectivity index is 1.55. The van der Waals surface area contributed by atoms with Crippen LogP contribution in [0.3, 0.4) is 0 Å². The van der Waals surface area contributed by atoms with E-state index in [0.29, 0.717) is 23.0 Å². The topological polar surface area (TPSA) is 116 Å². The first-order chi connectivity index (χ1) is 13.7. The number of alkyl halides is 3. The summed E-state index contributed by atoms with van der Waals surface area (Å²) in [5, 5.41) is 5.11. The lowest BCUT2D eigenvalue weighted by Crippen LogP contribution is -2.49. The van der Waals surface area contributed by atoms with E-state index < -0.39 is 29.2 Å². The Labute approximate surface area is 171 Å². The second kappa shape index (κ2) is 7.29. The Bertz CT molecular complexity index is 960. The highest BCUT2D eigenvalue weighted by atomic mass is 32.2. The van der Waals surface area contributed by atoms with Crippen molar-refractivity contribution >= 4 is 40.0 Å². The van der Waals surface area contributed by atoms with Gasteiger partial charge in [0.05, 0.1) is 12.7 Å². The number of carbonyl (C=O) groups is 1. The van der Waals surface area contributed by atoms with Gasteiger partial charge in [-0.15, -0.1) is 11.3 Å². The fourth-order valence-electron chi connectivity index (χ4n) is 3.30. The van der Waals surface area contributed by atoms with Crippen LogP contribution in [-0.2, 0) is 16.5 Å². The predicted octanol–water partition coefficient (Wildman–Crippen LogP) is 3.08. The molecule has 0 spiro atoms. The number of rotatable bonds is 3. The molecule has 156 valence electrons. The molecule has 13 heteroatoms. The number of amides is 1. The van der Waals surface area contributed by atoms with Crippen LogP contribution >= 0.6 is 23.1 Å². The molecule has 2 aliphatic heterocycles. The van der Waals surface area contributed by atoms with E-state index in [9.17, 15) is 18.0 Å². The summed E-state index contributed by atoms with van der Waals surface area (Å²) in [6.07, 6.45) is -3.23. The van der Waals surface area contributed by atoms with Crippen molar-refractivity contribution in [2.24, 2.45) is 16.6 Å². The molecular weight excluding hydrogens is 431 g/mol. The van der Waals surface area contributed by atoms with Gasteiger partial charge in [-0.25, -0.2) is 15.0 Å². The van der Waals surface area contributed by atoms with E-state index in [0.717, 1.165) is 12.2 Å². The van der Waals surface area contributed by atoms with Crippen LogP contribution in [0.25, 0.3) is 0 Å². The maximum atomic E-state index is 12.6. The molecule has 4 heterocycles. The number of thiazole rings is 1. The molecule has 1 amide bonds. The van der Waals surface area contributed by atoms with Gasteiger partial charge in [0.15, 0.2) is 10.9 Å². The van der Waals surface area contributed by atoms with Crippen molar-refractivity contribution in [3.8, 4) is 0 Å². The largest absolute Gasteiger partial charge is 0.468 e. The Morgan fingerprint density at radius 2 is 2.21 bits per heavy atom. The normalized spacial score (nSPS) is 27.2. The first kappa shape index (κ1) is 20.2. The SMILES string of the molecule is CC1CC2CSC(N)=NC2(c2nc(NC(=O)c3coc(C(F)(F)F)n3)cs2)CO1. The lowest BCUT2D eigenvalue weighted by molar-refractivity contribution is -0.157. The van der Waals surface area contributed by atoms with E-state index in [4.69, 9.17) is 10.5 Å². The van der Waals surface area contributed by atoms with E-state index in [1.165, 1.54) is 23.1 Å². The minimum atomic E-state index is -4.77. The van der Waals surface area contributed by atoms with Crippen molar-refractivity contribution in [2.75, 3.05) is 17.7 Å². The summed E-state index contributed by atoms with van der Waals surface area (Å²) in [5.41, 5.74) is 4.73. The molecule has 2 aliphatic rings. The fraction of sp³-hybridized carbons (Fsp3) is 0.500. The van der Waals surface area contributed by atoms with Gasteiger partial charge in [-0.2, -0.15) is 13.2 Å². The van der Waals surface area contributed by atoms with Gasteiger partial charge < -0.3 is 20.2 Å². The third-order valence-electron chi connectivity index (χ3n) is 4.72. The number of anilines is 1. The molecule has 0 saturated carbocycles. The molecule has 1 saturated heterocycles. The van der Waals surface area contributed by atoms with Crippen molar-refractivity contribution in [1.82, 2.24) is 9.97 Å². The number of aromatic nitrogens is 2. The van der Waals surface area contributed by atoms with Crippen LogP contribution in [0.5, 0.6) is 0 Å². The molecule has 3 N–H and O–H groups in total. The van der Waals surface area contributed by atoms with Gasteiger partial charge in [-0.3, -0.25) is 4.79 Å². The van der Waals surface area contributed by atoms with Crippen LogP contribution in [0.4, 0.5) is 19.0 Å². The minimum absolute atomic E-state index is 0.0948. The van der Waals surface area contributed by atoms with Crippen LogP contribution in [0.15, 0.2) is 21.1 Å². The summed E-state index contributed by atoms with van der Waals surface area (Å²) in [4.78, 5) is 24.5. The maximum Gasteiger partial charge on any atom is 0.468 e. The molecule has 2 aromatic heterocycles. The van der Waals surface area contributed by atoms with E-state index >= 15 is 0 Å². The average molecular weight is 447 g/mol. The zero-order chi connectivity index (χ0) is 20.8. The van der Waals surface area contributed by atoms with E-state index in [1.54, 1.807) is 5.38 Å². The lowest BCUT2D eigenvalue weighted by atomic mass is 9.80. The Kier molecular flexibility index (Phi) is 5.07. The second-order valence-electron chi connectivity index (χ2n) is 6.77. The molecule has 0 radical (unpaired) electrons. The Hall–Kier alpha value is -2.12. The molecule has 3 unspecified atom stereocenters. The number of halogens is 3. The highest BCUT2D eigenvalue weighted by molar-refractivity contribution is 8.13. The Morgan fingerprint density at radius 1 is 1.41 bits per heavy atom. The summed E-state index contributed by atoms with van der Waals surface area (Å²) in [6.45, 7) is 2.32. The molecule has 2 aromatic rings. The van der Waals surface area contributed by atoms with Crippen LogP contribution in [0.1, 0.15) is 34.7 Å². The molecule has 1 fully saturated rings. The first-order valence-corrected chi connectivity index (χ1v) is 10.4. The van der Waals surface area contributed by atoms with Crippen LogP contribution in [0, 0.1) is 5.92 Å². The third-order valence-corrected chi connectivity index (χ3v) is 6.68. The summed E-state index contributed by atoms with van der Waals surface area (Å²) in [5.74, 6) is -1.20. The van der Waals surface area contributed by atoms with E-state index in [2.05, 4.69) is 24.7 Å². The molecular formula is C16H16F3N5O3S2. The number of nitrogens with one attached hydrogen (secondary N) is 1. The smallest absolute Gasteiger partial charge is 0.441 e. The quantitative estimate of drug-likeness (QED) is 0.743. The monoisotopic (exact) mass is 447 g/mol. The number of hydrogen-bond acceptors (Lipinski definition) is 9. The zero-order valence-electron chi connectivity index (χ0n) is 15.0. The maximum absolute atomic E-state index is 12.6. The minimum Gasteiger partial charge on any atom is -0.441 e. The number of aliphatic imine (C=N–C) groups is 1. The van der Waals surface area contributed by atoms with Gasteiger partial charge in [0.1, 0.15) is 22.6 Å². The van der Waals surface area contributed by atoms with Crippen molar-refractivity contribution in [2.45, 2.75) is 31.2 Å². The molecule has 0 aliphatic carbocycles. The highest BCUT2D eigenvalue weighted by Crippen LogP contribution is 2.47. The summed E-state index contributed by atoms with van der Waals surface area (Å²) < 4.78 is 47.9. The van der Waals surface area contributed by atoms with Crippen molar-refractivity contribution in [3.05, 3.63) is 28.2 Å². The van der Waals surface area contributed by atoms with E-state index in [1.807, 2.05) is 6.92 Å². The summed E-state index contributed by atoms with van der Waals surface area (Å²) in [6, 6.07) is 0. The molecule has 4 rings (SSSR count). The van der Waals surface area contributed by atoms with Gasteiger partial charge >= 0.3 is 12.1 Å². The summed E-state index contributed by atoms with van der Waals surface area (Å²) >= 11 is 2.77. The number of thioether (sulfide) groups is 1. The van der Waals surface area contributed by atoms with Gasteiger partial charge in [0.2, 0.25) is 0 Å². The number of nitrogens with zero attached hydrogens (tertiary/aromatic N) is 3. The number of ether oxygens (including phenoxy) is 1. The van der Waals surface area contributed by atoms with Crippen molar-refractivity contribution in [1.29, 1.82) is 0 Å². The van der Waals surface area contributed by atoms with Crippen LogP contribution < -0.4 is 11.1 Å². The Morgan fingerprint density at radius 3 is 2.93 bits per heavy atom. The van der Waals surface area contributed by atoms with Crippen LogP contribution in [0.2, 0.25) is 0 Å². The molecule has 8 nitrogen and oxygen atoms in total. The van der Waals surface area contributed by atoms with Crippen molar-refractivity contribution in [3.63, 3.8) is 0 Å². The summed E-state index contributed by atoms with van der Waals surface area (Å²) in [7, 11) is 0. The molecule has 29 heavy (non-hydrogen) atoms. The standard InChI is InChI=1S/C16H16F3N5O3S2/c1-7-2-8-4-29-14(20)24-15(8,6-27-7)13-23-10(5-28-13)22-11(25)9-3-26-12(21-9)16(17,18)19/h3,5,7-8H,2,4,6H2,1H3,(H2,20,24)(H,22,25). The fourth-order valence-corrected chi connectivity index (χ4v) is 5.27. The number of fused-ring (bicyclic) bond motifs is 1. The predicted molar refractivity (Wildman–Crippen MR) is 101 cm³/mol. The van der Waals surface area contributed by atoms with Gasteiger partial charge in [0, 0.05) is 17.1 Å². The molecule has 0 bridgehead atoms. The van der Waals surface area contributed by atoms with Gasteiger partial charge in [-0.1, -0.05) is 11.8 Å². The number of oxazole rings is 1. The lowest BCUT2D eigenvalue weighted by Gasteiger charge is -2.44. The first-order valence-electron chi connectivity index (χ1n) is 8.57. The second-order valence-corrected chi connectivity index (χ2v) is 8.67. The van der Waals surface area contributed by atoms with Crippen molar-refractivity contribution < 1.29 is 27.1 Å². The van der Waals surface area contributed by atoms with Crippen LogP contribution in [-0.4, -0.2) is 39.5 Å². The number of carbonyl (C=O) groups excluding carboxylic acids is 1. The van der Waals surface area contributed by atoms with E-state index in [-0.39, 0.29) is 17.8 Å². The number of amidine groups is 1. The molecule has 3 atom stereocenters. The number of hydrogen-bond donors (Lipinski definition) is 2. The third kappa shape index (κ3) is 3.85. The average Bonchev–Trinajstić information content (AvgIpc) is 3.31.